The molecule has 3 heterocycles. The van der Waals surface area contributed by atoms with Crippen LogP contribution in [0.5, 0.6) is 0 Å². The highest BCUT2D eigenvalue weighted by Crippen LogP contribution is 2.38. The predicted octanol–water partition coefficient (Wildman–Crippen LogP) is 6.74. The van der Waals surface area contributed by atoms with E-state index in [1.165, 1.54) is 50.8 Å². The fourth-order valence-corrected chi connectivity index (χ4v) is 4.30. The molecule has 0 unspecified atom stereocenters. The van der Waals surface area contributed by atoms with E-state index < -0.39 is 42.1 Å². The quantitative estimate of drug-likeness (QED) is 0.117. The smallest absolute Gasteiger partial charge is 0.403 e. The maximum Gasteiger partial charge on any atom is 0.418 e. The lowest BCUT2D eigenvalue weighted by Crippen LogP contribution is -2.45. The number of carbonyl (C=O) groups excluding carboxylic acids is 1. The van der Waals surface area contributed by atoms with Gasteiger partial charge in [0.15, 0.2) is 0 Å². The number of benzene rings is 2. The summed E-state index contributed by atoms with van der Waals surface area (Å²) in [5.41, 5.74) is -1.37. The van der Waals surface area contributed by atoms with Crippen LogP contribution in [0.15, 0.2) is 85.2 Å². The Kier molecular flexibility index (Phi) is 7.78. The molecule has 0 bridgehead atoms. The van der Waals surface area contributed by atoms with Crippen molar-refractivity contribution < 1.29 is 40.6 Å². The minimum Gasteiger partial charge on any atom is -0.403 e. The minimum atomic E-state index is -4.71. The molecule has 8 nitrogen and oxygen atoms in total. The van der Waals surface area contributed by atoms with E-state index in [1.54, 1.807) is 44.2 Å². The Bertz CT molecular complexity index is 1750. The first-order valence-electron chi connectivity index (χ1n) is 12.8. The maximum absolute atomic E-state index is 13.9. The Morgan fingerprint density at radius 1 is 0.907 bits per heavy atom. The largest absolute Gasteiger partial charge is 0.418 e. The van der Waals surface area contributed by atoms with Gasteiger partial charge in [0.2, 0.25) is 11.8 Å². The van der Waals surface area contributed by atoms with E-state index >= 15 is 0 Å². The van der Waals surface area contributed by atoms with Crippen LogP contribution in [-0.2, 0) is 28.6 Å². The summed E-state index contributed by atoms with van der Waals surface area (Å²) < 4.78 is 89.6. The van der Waals surface area contributed by atoms with Crippen molar-refractivity contribution in [3.05, 3.63) is 96.3 Å². The molecular formula is C29H23F6N6O2+. The number of hydrogen-bond donors (Lipinski definition) is 0. The average Bonchev–Trinajstić information content (AvgIpc) is 3.39. The zero-order valence-electron chi connectivity index (χ0n) is 22.6. The predicted molar refractivity (Wildman–Crippen MR) is 142 cm³/mol. The number of aromatic nitrogens is 5. The Morgan fingerprint density at radius 3 is 2.21 bits per heavy atom. The summed E-state index contributed by atoms with van der Waals surface area (Å²) in [7, 11) is 0. The molecule has 14 heteroatoms. The molecule has 0 N–H and O–H groups in total. The molecule has 0 aliphatic carbocycles. The number of carbonyl (C=O) groups is 1. The van der Waals surface area contributed by atoms with Gasteiger partial charge in [0.1, 0.15) is 0 Å². The summed E-state index contributed by atoms with van der Waals surface area (Å²) in [6, 6.07) is 16.3. The molecule has 0 aliphatic rings. The normalized spacial score (nSPS) is 12.1. The van der Waals surface area contributed by atoms with Gasteiger partial charge < -0.3 is 4.74 Å². The van der Waals surface area contributed by atoms with Crippen LogP contribution in [0, 0.1) is 5.92 Å². The van der Waals surface area contributed by atoms with Gasteiger partial charge in [-0.1, -0.05) is 41.2 Å². The molecule has 5 aromatic rings. The number of nitrogens with zero attached hydrogens (tertiary/aromatic N) is 6. The molecule has 0 saturated carbocycles. The van der Waals surface area contributed by atoms with Crippen LogP contribution >= 0.6 is 0 Å². The Labute approximate surface area is 240 Å². The fraction of sp³-hybridized carbons (Fsp3) is 0.207. The number of esters is 1. The van der Waals surface area contributed by atoms with E-state index in [-0.39, 0.29) is 28.5 Å². The highest BCUT2D eigenvalue weighted by atomic mass is 19.4. The van der Waals surface area contributed by atoms with Crippen molar-refractivity contribution in [2.45, 2.75) is 32.9 Å². The van der Waals surface area contributed by atoms with Crippen LogP contribution in [-0.4, -0.2) is 25.7 Å². The van der Waals surface area contributed by atoms with Crippen molar-refractivity contribution in [2.24, 2.45) is 5.92 Å². The monoisotopic (exact) mass is 601 g/mol. The molecule has 3 aromatic heterocycles. The summed E-state index contributed by atoms with van der Waals surface area (Å²) in [6.07, 6.45) is -6.75. The molecule has 0 radical (unpaired) electrons. The van der Waals surface area contributed by atoms with Gasteiger partial charge in [-0.05, 0) is 48.5 Å². The van der Waals surface area contributed by atoms with Crippen molar-refractivity contribution >= 4 is 28.9 Å². The van der Waals surface area contributed by atoms with Crippen LogP contribution in [0.2, 0.25) is 0 Å². The standard InChI is InChI=1S/C29H23F6N6O2/c1-18(2)26(42)43-17-39-16-19(25-23(29(33,34)35)9-6-14-36-25)15-24-37-38-27(41(24)39)40(21-7-4-3-5-8-21)22-12-10-20(11-13-22)28(30,31)32/h3-16,18H,17H2,1-2H3/q+1. The lowest BCUT2D eigenvalue weighted by Gasteiger charge is -2.22. The number of fused-ring (bicyclic) bond motifs is 1. The third-order valence-electron chi connectivity index (χ3n) is 6.34. The SMILES string of the molecule is CC(C)C(=O)OC[n+]1cc(-c2ncccc2C(F)(F)F)cc2nnc(N(c3ccccc3)c3ccc(C(F)(F)F)cc3)n21. The maximum atomic E-state index is 13.9. The number of para-hydroxylation sites is 1. The van der Waals surface area contributed by atoms with E-state index in [0.717, 1.165) is 18.2 Å². The second-order valence-electron chi connectivity index (χ2n) is 9.70. The molecule has 0 amide bonds. The molecule has 2 aromatic carbocycles. The Morgan fingerprint density at radius 2 is 1.58 bits per heavy atom. The summed E-state index contributed by atoms with van der Waals surface area (Å²) in [6.45, 7) is 2.79. The number of rotatable bonds is 7. The van der Waals surface area contributed by atoms with E-state index in [4.69, 9.17) is 4.74 Å². The minimum absolute atomic E-state index is 0.0146. The molecule has 0 fully saturated rings. The summed E-state index contributed by atoms with van der Waals surface area (Å²) in [4.78, 5) is 17.8. The lowest BCUT2D eigenvalue weighted by molar-refractivity contribution is -0.788. The number of halogens is 6. The Balaban J connectivity index is 1.73. The second kappa shape index (κ2) is 11.3. The van der Waals surface area contributed by atoms with E-state index in [1.807, 2.05) is 0 Å². The summed E-state index contributed by atoms with van der Waals surface area (Å²) >= 11 is 0. The number of alkyl halides is 6. The number of anilines is 3. The van der Waals surface area contributed by atoms with Crippen molar-refractivity contribution in [1.82, 2.24) is 19.7 Å². The van der Waals surface area contributed by atoms with Crippen molar-refractivity contribution in [2.75, 3.05) is 4.90 Å². The van der Waals surface area contributed by atoms with E-state index in [2.05, 4.69) is 15.2 Å². The van der Waals surface area contributed by atoms with Gasteiger partial charge >= 0.3 is 25.1 Å². The molecule has 43 heavy (non-hydrogen) atoms. The highest BCUT2D eigenvalue weighted by Gasteiger charge is 2.36. The summed E-state index contributed by atoms with van der Waals surface area (Å²) in [5, 5.41) is 8.43. The zero-order valence-corrected chi connectivity index (χ0v) is 22.6. The van der Waals surface area contributed by atoms with Crippen LogP contribution < -0.4 is 9.58 Å². The van der Waals surface area contributed by atoms with Gasteiger partial charge in [-0.2, -0.15) is 26.3 Å². The molecule has 0 spiro atoms. The van der Waals surface area contributed by atoms with Gasteiger partial charge in [-0.15, -0.1) is 10.2 Å². The topological polar surface area (TPSA) is 76.5 Å². The van der Waals surface area contributed by atoms with Gasteiger partial charge in [0.25, 0.3) is 5.95 Å². The van der Waals surface area contributed by atoms with Gasteiger partial charge in [0, 0.05) is 23.6 Å². The third kappa shape index (κ3) is 6.12. The average molecular weight is 602 g/mol. The third-order valence-corrected chi connectivity index (χ3v) is 6.34. The fourth-order valence-electron chi connectivity index (χ4n) is 4.30. The first-order chi connectivity index (χ1) is 20.3. The van der Waals surface area contributed by atoms with Crippen molar-refractivity contribution in [3.63, 3.8) is 0 Å². The number of ether oxygens (including phenoxy) is 1. The molecule has 0 aliphatic heterocycles. The summed E-state index contributed by atoms with van der Waals surface area (Å²) in [5.74, 6) is -1.01. The highest BCUT2D eigenvalue weighted by molar-refractivity contribution is 5.74. The zero-order chi connectivity index (χ0) is 30.9. The van der Waals surface area contributed by atoms with Gasteiger partial charge in [-0.3, -0.25) is 14.7 Å². The van der Waals surface area contributed by atoms with Crippen molar-refractivity contribution in [3.8, 4) is 11.3 Å². The first-order valence-corrected chi connectivity index (χ1v) is 12.8. The molecule has 0 atom stereocenters. The molecule has 5 rings (SSSR count). The van der Waals surface area contributed by atoms with Crippen LogP contribution in [0.3, 0.4) is 0 Å². The molecule has 222 valence electrons. The lowest BCUT2D eigenvalue weighted by atomic mass is 10.1. The number of hydrogen-bond acceptors (Lipinski definition) is 6. The number of pyridine rings is 1. The molecule has 0 saturated heterocycles. The van der Waals surface area contributed by atoms with Crippen LogP contribution in [0.1, 0.15) is 25.0 Å². The van der Waals surface area contributed by atoms with Crippen molar-refractivity contribution in [1.29, 1.82) is 0 Å². The van der Waals surface area contributed by atoms with Crippen LogP contribution in [0.25, 0.3) is 16.9 Å². The van der Waals surface area contributed by atoms with Gasteiger partial charge in [-0.25, -0.2) is 0 Å². The molecular weight excluding hydrogens is 578 g/mol. The van der Waals surface area contributed by atoms with E-state index in [0.29, 0.717) is 5.69 Å². The van der Waals surface area contributed by atoms with Crippen LogP contribution in [0.4, 0.5) is 43.7 Å². The first kappa shape index (κ1) is 29.5. The Hall–Kier alpha value is -5.01. The second-order valence-corrected chi connectivity index (χ2v) is 9.70. The van der Waals surface area contributed by atoms with Gasteiger partial charge in [0.05, 0.1) is 28.3 Å². The van der Waals surface area contributed by atoms with E-state index in [9.17, 15) is 31.1 Å².